The van der Waals surface area contributed by atoms with E-state index in [1.165, 1.54) is 11.1 Å². The van der Waals surface area contributed by atoms with Crippen LogP contribution in [0.4, 0.5) is 0 Å². The molecule has 3 rings (SSSR count). The van der Waals surface area contributed by atoms with Crippen LogP contribution in [0.1, 0.15) is 37.4 Å². The van der Waals surface area contributed by atoms with Crippen molar-refractivity contribution in [3.63, 3.8) is 0 Å². The molecule has 4 unspecified atom stereocenters. The maximum absolute atomic E-state index is 6.59. The number of aryl methyl sites for hydroxylation is 1. The highest BCUT2D eigenvalue weighted by Crippen LogP contribution is 2.43. The molecule has 2 nitrogen and oxygen atoms in total. The van der Waals surface area contributed by atoms with Crippen LogP contribution in [-0.4, -0.2) is 28.1 Å². The van der Waals surface area contributed by atoms with Crippen molar-refractivity contribution >= 4 is 23.5 Å². The van der Waals surface area contributed by atoms with Gasteiger partial charge in [0.25, 0.3) is 0 Å². The maximum atomic E-state index is 6.59. The summed E-state index contributed by atoms with van der Waals surface area (Å²) >= 11 is 4.10. The number of hydrogen-bond acceptors (Lipinski definition) is 4. The van der Waals surface area contributed by atoms with Gasteiger partial charge in [-0.05, 0) is 18.4 Å². The smallest absolute Gasteiger partial charge is 0.127 e. The Kier molecular flexibility index (Phi) is 4.53. The fourth-order valence-electron chi connectivity index (χ4n) is 2.87. The molecule has 4 atom stereocenters. The minimum absolute atomic E-state index is 0.0792. The zero-order valence-electron chi connectivity index (χ0n) is 12.2. The minimum Gasteiger partial charge on any atom is -0.493 e. The molecular weight excluding hydrogens is 286 g/mol. The monoisotopic (exact) mass is 309 g/mol. The van der Waals surface area contributed by atoms with Gasteiger partial charge in [-0.2, -0.15) is 23.5 Å². The number of ether oxygens (including phenoxy) is 1. The predicted molar refractivity (Wildman–Crippen MR) is 89.9 cm³/mol. The number of para-hydroxylation sites is 1. The van der Waals surface area contributed by atoms with Gasteiger partial charge in [0.05, 0.1) is 6.61 Å². The van der Waals surface area contributed by atoms with E-state index in [1.807, 2.05) is 11.8 Å². The van der Waals surface area contributed by atoms with Crippen LogP contribution in [0.2, 0.25) is 0 Å². The summed E-state index contributed by atoms with van der Waals surface area (Å²) in [5.41, 5.74) is 9.13. The molecule has 2 N–H and O–H groups in total. The molecular formula is C16H23NOS2. The number of thioether (sulfide) groups is 2. The van der Waals surface area contributed by atoms with Crippen LogP contribution in [0.3, 0.4) is 0 Å². The van der Waals surface area contributed by atoms with Crippen LogP contribution in [0, 0.1) is 0 Å². The van der Waals surface area contributed by atoms with Gasteiger partial charge < -0.3 is 10.5 Å². The maximum Gasteiger partial charge on any atom is 0.127 e. The van der Waals surface area contributed by atoms with Crippen molar-refractivity contribution in [2.24, 2.45) is 5.73 Å². The van der Waals surface area contributed by atoms with Gasteiger partial charge in [0.2, 0.25) is 0 Å². The van der Waals surface area contributed by atoms with Crippen molar-refractivity contribution in [3.05, 3.63) is 29.3 Å². The van der Waals surface area contributed by atoms with E-state index in [9.17, 15) is 0 Å². The van der Waals surface area contributed by atoms with Gasteiger partial charge in [-0.1, -0.05) is 32.0 Å². The molecule has 0 amide bonds. The first-order valence-electron chi connectivity index (χ1n) is 7.44. The van der Waals surface area contributed by atoms with Crippen LogP contribution in [0.5, 0.6) is 5.75 Å². The first-order valence-corrected chi connectivity index (χ1v) is 9.43. The summed E-state index contributed by atoms with van der Waals surface area (Å²) in [6.07, 6.45) is 2.24. The zero-order valence-corrected chi connectivity index (χ0v) is 13.8. The summed E-state index contributed by atoms with van der Waals surface area (Å²) in [6.45, 7) is 5.46. The van der Waals surface area contributed by atoms with Gasteiger partial charge in [0.1, 0.15) is 5.75 Å². The second-order valence-corrected chi connectivity index (χ2v) is 8.76. The Morgan fingerprint density at radius 1 is 1.30 bits per heavy atom. The number of rotatable bonds is 2. The fraction of sp³-hybridized carbons (Fsp3) is 0.625. The lowest BCUT2D eigenvalue weighted by molar-refractivity contribution is 0.283. The fourth-order valence-corrected chi connectivity index (χ4v) is 5.91. The summed E-state index contributed by atoms with van der Waals surface area (Å²) in [4.78, 5) is 0. The Morgan fingerprint density at radius 3 is 2.95 bits per heavy atom. The largest absolute Gasteiger partial charge is 0.493 e. The molecule has 1 saturated heterocycles. The van der Waals surface area contributed by atoms with Crippen molar-refractivity contribution in [2.75, 3.05) is 12.4 Å². The van der Waals surface area contributed by atoms with Crippen LogP contribution in [-0.2, 0) is 6.42 Å². The summed E-state index contributed by atoms with van der Waals surface area (Å²) in [7, 11) is 0. The lowest BCUT2D eigenvalue weighted by atomic mass is 9.97. The molecule has 110 valence electrons. The molecule has 1 aromatic rings. The Labute approximate surface area is 130 Å². The molecule has 0 aliphatic carbocycles. The predicted octanol–water partition coefficient (Wildman–Crippen LogP) is 3.64. The highest BCUT2D eigenvalue weighted by atomic mass is 32.2. The summed E-state index contributed by atoms with van der Waals surface area (Å²) in [5, 5.41) is 1.89. The first kappa shape index (κ1) is 14.6. The van der Waals surface area contributed by atoms with Gasteiger partial charge in [-0.3, -0.25) is 0 Å². The third-order valence-electron chi connectivity index (χ3n) is 4.30. The molecule has 0 radical (unpaired) electrons. The Bertz CT molecular complexity index is 480. The third-order valence-corrected chi connectivity index (χ3v) is 7.81. The van der Waals surface area contributed by atoms with Gasteiger partial charge >= 0.3 is 0 Å². The lowest BCUT2D eigenvalue weighted by Gasteiger charge is -2.35. The zero-order chi connectivity index (χ0) is 14.1. The van der Waals surface area contributed by atoms with Gasteiger partial charge in [0, 0.05) is 33.1 Å². The van der Waals surface area contributed by atoms with E-state index in [4.69, 9.17) is 10.5 Å². The quantitative estimate of drug-likeness (QED) is 0.904. The molecule has 0 spiro atoms. The Hall–Kier alpha value is -0.320. The van der Waals surface area contributed by atoms with E-state index < -0.39 is 0 Å². The van der Waals surface area contributed by atoms with Crippen molar-refractivity contribution in [1.82, 2.24) is 0 Å². The third kappa shape index (κ3) is 2.83. The molecule has 1 aromatic carbocycles. The SMILES string of the molecule is CC1SCC(C(N)c2cccc3c2OCCC3)SC1C. The number of fused-ring (bicyclic) bond motifs is 1. The molecule has 1 fully saturated rings. The van der Waals surface area contributed by atoms with E-state index in [-0.39, 0.29) is 6.04 Å². The summed E-state index contributed by atoms with van der Waals surface area (Å²) in [5.74, 6) is 2.21. The first-order chi connectivity index (χ1) is 9.66. The molecule has 0 bridgehead atoms. The number of hydrogen-bond donors (Lipinski definition) is 1. The normalized spacial score (nSPS) is 31.2. The van der Waals surface area contributed by atoms with Gasteiger partial charge in [-0.25, -0.2) is 0 Å². The molecule has 2 aliphatic rings. The molecule has 0 saturated carbocycles. The van der Waals surface area contributed by atoms with Crippen LogP contribution < -0.4 is 10.5 Å². The Morgan fingerprint density at radius 2 is 2.15 bits per heavy atom. The summed E-state index contributed by atoms with van der Waals surface area (Å²) < 4.78 is 5.92. The van der Waals surface area contributed by atoms with Gasteiger partial charge in [0.15, 0.2) is 0 Å². The van der Waals surface area contributed by atoms with Crippen molar-refractivity contribution < 1.29 is 4.74 Å². The van der Waals surface area contributed by atoms with E-state index in [0.717, 1.165) is 36.2 Å². The van der Waals surface area contributed by atoms with Crippen molar-refractivity contribution in [2.45, 2.75) is 48.5 Å². The van der Waals surface area contributed by atoms with E-state index in [2.05, 4.69) is 43.8 Å². The number of nitrogens with two attached hydrogens (primary N) is 1. The molecule has 2 aliphatic heterocycles. The van der Waals surface area contributed by atoms with E-state index in [0.29, 0.717) is 10.5 Å². The average molecular weight is 310 g/mol. The molecule has 2 heterocycles. The van der Waals surface area contributed by atoms with E-state index in [1.54, 1.807) is 0 Å². The molecule has 4 heteroatoms. The second kappa shape index (κ2) is 6.20. The van der Waals surface area contributed by atoms with Crippen LogP contribution in [0.25, 0.3) is 0 Å². The second-order valence-electron chi connectivity index (χ2n) is 5.73. The summed E-state index contributed by atoms with van der Waals surface area (Å²) in [6, 6.07) is 6.55. The highest BCUT2D eigenvalue weighted by molar-refractivity contribution is 8.07. The van der Waals surface area contributed by atoms with Crippen LogP contribution in [0.15, 0.2) is 18.2 Å². The highest BCUT2D eigenvalue weighted by Gasteiger charge is 2.32. The van der Waals surface area contributed by atoms with Crippen molar-refractivity contribution in [3.8, 4) is 5.75 Å². The topological polar surface area (TPSA) is 35.2 Å². The Balaban J connectivity index is 1.82. The van der Waals surface area contributed by atoms with Crippen LogP contribution >= 0.6 is 23.5 Å². The molecule has 20 heavy (non-hydrogen) atoms. The minimum atomic E-state index is 0.0792. The standard InChI is InChI=1S/C16H23NOS2/c1-10-11(2)20-14(9-19-10)15(17)13-7-3-5-12-6-4-8-18-16(12)13/h3,5,7,10-11,14-15H,4,6,8-9,17H2,1-2H3. The molecule has 0 aromatic heterocycles. The number of benzene rings is 1. The van der Waals surface area contributed by atoms with Gasteiger partial charge in [-0.15, -0.1) is 0 Å². The van der Waals surface area contributed by atoms with E-state index >= 15 is 0 Å². The van der Waals surface area contributed by atoms with Crippen molar-refractivity contribution in [1.29, 1.82) is 0 Å². The lowest BCUT2D eigenvalue weighted by Crippen LogP contribution is -2.34. The average Bonchev–Trinajstić information content (AvgIpc) is 2.49.